The van der Waals surface area contributed by atoms with Gasteiger partial charge in [-0.1, -0.05) is 23.9 Å². The van der Waals surface area contributed by atoms with Crippen molar-refractivity contribution in [3.63, 3.8) is 0 Å². The topological polar surface area (TPSA) is 37.5 Å². The molecule has 0 radical (unpaired) electrons. The van der Waals surface area contributed by atoms with Crippen LogP contribution < -0.4 is 0 Å². The predicted molar refractivity (Wildman–Crippen MR) is 79.0 cm³/mol. The van der Waals surface area contributed by atoms with Crippen molar-refractivity contribution in [1.29, 1.82) is 0 Å². The molecule has 1 N–H and O–H groups in total. The molecule has 0 aliphatic heterocycles. The second kappa shape index (κ2) is 5.00. The minimum absolute atomic E-state index is 0.00506. The van der Waals surface area contributed by atoms with Crippen LogP contribution >= 0.6 is 23.1 Å². The first-order chi connectivity index (χ1) is 9.19. The summed E-state index contributed by atoms with van der Waals surface area (Å²) < 4.78 is 1.96. The first kappa shape index (κ1) is 12.7. The fourth-order valence-corrected chi connectivity index (χ4v) is 3.85. The molecule has 5 heteroatoms. The molecule has 0 saturated carbocycles. The molecule has 2 heterocycles. The second-order valence-corrected chi connectivity index (χ2v) is 6.35. The number of benzene rings is 1. The lowest BCUT2D eigenvalue weighted by Crippen LogP contribution is -1.91. The van der Waals surface area contributed by atoms with Crippen molar-refractivity contribution in [3.8, 4) is 0 Å². The normalized spacial score (nSPS) is 11.3. The Kier molecular flexibility index (Phi) is 3.35. The minimum Gasteiger partial charge on any atom is -0.390 e. The van der Waals surface area contributed by atoms with Crippen LogP contribution in [0.4, 0.5) is 0 Å². The van der Waals surface area contributed by atoms with E-state index in [2.05, 4.69) is 37.0 Å². The molecule has 0 bridgehead atoms. The summed E-state index contributed by atoms with van der Waals surface area (Å²) in [6.07, 6.45) is 1.95. The molecule has 0 atom stereocenters. The Balaban J connectivity index is 2.05. The predicted octanol–water partition coefficient (Wildman–Crippen LogP) is 3.66. The van der Waals surface area contributed by atoms with Crippen molar-refractivity contribution in [2.45, 2.75) is 30.4 Å². The average molecular weight is 290 g/mol. The van der Waals surface area contributed by atoms with Gasteiger partial charge in [-0.05, 0) is 31.0 Å². The molecule has 2 aromatic heterocycles. The van der Waals surface area contributed by atoms with E-state index in [4.69, 9.17) is 0 Å². The number of hydrogen-bond donors (Lipinski definition) is 1. The van der Waals surface area contributed by atoms with Gasteiger partial charge in [-0.15, -0.1) is 11.3 Å². The van der Waals surface area contributed by atoms with E-state index >= 15 is 0 Å². The van der Waals surface area contributed by atoms with Gasteiger partial charge in [-0.25, -0.2) is 4.98 Å². The lowest BCUT2D eigenvalue weighted by atomic mass is 10.2. The number of aromatic nitrogens is 2. The van der Waals surface area contributed by atoms with Gasteiger partial charge in [0.05, 0.1) is 12.3 Å². The fraction of sp³-hybridized carbons (Fsp3) is 0.214. The molecule has 19 heavy (non-hydrogen) atoms. The minimum atomic E-state index is 0.00506. The Morgan fingerprint density at radius 3 is 3.00 bits per heavy atom. The highest BCUT2D eigenvalue weighted by atomic mass is 32.2. The van der Waals surface area contributed by atoms with Gasteiger partial charge < -0.3 is 5.11 Å². The highest BCUT2D eigenvalue weighted by Gasteiger charge is 2.14. The molecular weight excluding hydrogens is 276 g/mol. The van der Waals surface area contributed by atoms with E-state index in [1.807, 2.05) is 16.0 Å². The number of thiazole rings is 1. The van der Waals surface area contributed by atoms with Crippen LogP contribution in [0.15, 0.2) is 39.7 Å². The highest BCUT2D eigenvalue weighted by Crippen LogP contribution is 2.34. The molecule has 0 fully saturated rings. The zero-order valence-electron chi connectivity index (χ0n) is 10.8. The zero-order valence-corrected chi connectivity index (χ0v) is 12.4. The molecule has 3 aromatic rings. The van der Waals surface area contributed by atoms with Gasteiger partial charge in [0.25, 0.3) is 0 Å². The Hall–Kier alpha value is -1.30. The van der Waals surface area contributed by atoms with Gasteiger partial charge in [0.2, 0.25) is 0 Å². The van der Waals surface area contributed by atoms with Gasteiger partial charge in [-0.3, -0.25) is 4.40 Å². The molecule has 1 aromatic carbocycles. The quantitative estimate of drug-likeness (QED) is 0.800. The Bertz CT molecular complexity index is 730. The number of hydrogen-bond acceptors (Lipinski definition) is 4. The number of nitrogens with zero attached hydrogens (tertiary/aromatic N) is 2. The number of aliphatic hydroxyl groups is 1. The zero-order chi connectivity index (χ0) is 13.4. The first-order valence-corrected chi connectivity index (χ1v) is 7.69. The molecule has 0 amide bonds. The maximum Gasteiger partial charge on any atom is 0.195 e. The van der Waals surface area contributed by atoms with Crippen molar-refractivity contribution >= 4 is 28.1 Å². The number of rotatable bonds is 3. The summed E-state index contributed by atoms with van der Waals surface area (Å²) in [5, 5.41) is 12.4. The van der Waals surface area contributed by atoms with Crippen LogP contribution in [0.2, 0.25) is 0 Å². The summed E-state index contributed by atoms with van der Waals surface area (Å²) in [5.74, 6) is 0. The monoisotopic (exact) mass is 290 g/mol. The summed E-state index contributed by atoms with van der Waals surface area (Å²) in [6, 6.07) is 6.39. The number of aryl methyl sites for hydroxylation is 2. The molecular formula is C14H14N2OS2. The maximum atomic E-state index is 9.56. The van der Waals surface area contributed by atoms with Crippen LogP contribution in [0.5, 0.6) is 0 Å². The van der Waals surface area contributed by atoms with Crippen LogP contribution in [0, 0.1) is 13.8 Å². The first-order valence-electron chi connectivity index (χ1n) is 5.99. The van der Waals surface area contributed by atoms with E-state index < -0.39 is 0 Å². The number of aliphatic hydroxyl groups excluding tert-OH is 1. The second-order valence-electron chi connectivity index (χ2n) is 4.45. The molecule has 0 aliphatic rings. The van der Waals surface area contributed by atoms with E-state index in [1.165, 1.54) is 16.0 Å². The van der Waals surface area contributed by atoms with Crippen molar-refractivity contribution in [2.75, 3.05) is 0 Å². The maximum absolute atomic E-state index is 9.56. The third-order valence-corrected chi connectivity index (χ3v) is 4.96. The lowest BCUT2D eigenvalue weighted by molar-refractivity contribution is 0.272. The van der Waals surface area contributed by atoms with Gasteiger partial charge in [0.1, 0.15) is 5.03 Å². The van der Waals surface area contributed by atoms with Crippen LogP contribution in [0.25, 0.3) is 4.96 Å². The smallest absolute Gasteiger partial charge is 0.195 e. The third-order valence-electron chi connectivity index (χ3n) is 3.02. The SMILES string of the molecule is Cc1ccc(C)c(Sc2nc3sccn3c2CO)c1. The van der Waals surface area contributed by atoms with Crippen LogP contribution in [0.3, 0.4) is 0 Å². The summed E-state index contributed by atoms with van der Waals surface area (Å²) in [6.45, 7) is 4.19. The van der Waals surface area contributed by atoms with Gasteiger partial charge >= 0.3 is 0 Å². The van der Waals surface area contributed by atoms with E-state index in [0.29, 0.717) is 0 Å². The summed E-state index contributed by atoms with van der Waals surface area (Å²) in [4.78, 5) is 6.72. The Labute approximate surface area is 119 Å². The number of imidazole rings is 1. The average Bonchev–Trinajstić information content (AvgIpc) is 2.94. The summed E-state index contributed by atoms with van der Waals surface area (Å²) >= 11 is 3.21. The van der Waals surface area contributed by atoms with Gasteiger partial charge in [-0.2, -0.15) is 0 Å². The van der Waals surface area contributed by atoms with Gasteiger partial charge in [0.15, 0.2) is 4.96 Å². The van der Waals surface area contributed by atoms with Crippen molar-refractivity contribution in [1.82, 2.24) is 9.38 Å². The molecule has 3 nitrogen and oxygen atoms in total. The molecule has 0 unspecified atom stereocenters. The van der Waals surface area contributed by atoms with E-state index in [-0.39, 0.29) is 6.61 Å². The third kappa shape index (κ3) is 2.29. The van der Waals surface area contributed by atoms with Crippen LogP contribution in [0.1, 0.15) is 16.8 Å². The standard InChI is InChI=1S/C14H14N2OS2/c1-9-3-4-10(2)12(7-9)19-13-11(8-17)16-5-6-18-14(16)15-13/h3-7,17H,8H2,1-2H3. The van der Waals surface area contributed by atoms with Crippen LogP contribution in [-0.2, 0) is 6.61 Å². The van der Waals surface area contributed by atoms with E-state index in [0.717, 1.165) is 15.7 Å². The molecule has 98 valence electrons. The van der Waals surface area contributed by atoms with Crippen molar-refractivity contribution in [2.24, 2.45) is 0 Å². The van der Waals surface area contributed by atoms with Crippen molar-refractivity contribution < 1.29 is 5.11 Å². The fourth-order valence-electron chi connectivity index (χ4n) is 1.96. The summed E-state index contributed by atoms with van der Waals surface area (Å²) in [5.41, 5.74) is 3.33. The van der Waals surface area contributed by atoms with Crippen LogP contribution in [-0.4, -0.2) is 14.5 Å². The largest absolute Gasteiger partial charge is 0.390 e. The summed E-state index contributed by atoms with van der Waals surface area (Å²) in [7, 11) is 0. The molecule has 0 aliphatic carbocycles. The molecule has 3 rings (SSSR count). The van der Waals surface area contributed by atoms with Crippen molar-refractivity contribution in [3.05, 3.63) is 46.6 Å². The number of fused-ring (bicyclic) bond motifs is 1. The van der Waals surface area contributed by atoms with E-state index in [1.54, 1.807) is 23.1 Å². The Morgan fingerprint density at radius 1 is 1.37 bits per heavy atom. The Morgan fingerprint density at radius 2 is 2.21 bits per heavy atom. The molecule has 0 saturated heterocycles. The van der Waals surface area contributed by atoms with Gasteiger partial charge in [0, 0.05) is 16.5 Å². The lowest BCUT2D eigenvalue weighted by Gasteiger charge is -2.06. The molecule has 0 spiro atoms. The van der Waals surface area contributed by atoms with E-state index in [9.17, 15) is 5.11 Å². The highest BCUT2D eigenvalue weighted by molar-refractivity contribution is 7.99.